The summed E-state index contributed by atoms with van der Waals surface area (Å²) in [6.45, 7) is 5.03. The lowest BCUT2D eigenvalue weighted by Gasteiger charge is -2.24. The van der Waals surface area contributed by atoms with Crippen LogP contribution in [0, 0.1) is 0 Å². The van der Waals surface area contributed by atoms with E-state index in [1.54, 1.807) is 0 Å². The molecule has 3 nitrogen and oxygen atoms in total. The van der Waals surface area contributed by atoms with Crippen LogP contribution >= 0.6 is 12.2 Å². The molecule has 0 amide bonds. The molecule has 0 fully saturated rings. The van der Waals surface area contributed by atoms with Crippen molar-refractivity contribution >= 4 is 17.3 Å². The third kappa shape index (κ3) is 8.11. The zero-order valence-corrected chi connectivity index (χ0v) is 16.4. The molecule has 0 bridgehead atoms. The van der Waals surface area contributed by atoms with E-state index in [9.17, 15) is 0 Å². The van der Waals surface area contributed by atoms with E-state index in [4.69, 9.17) is 17.3 Å². The van der Waals surface area contributed by atoms with Crippen molar-refractivity contribution in [2.45, 2.75) is 64.8 Å². The Morgan fingerprint density at radius 1 is 1.12 bits per heavy atom. The predicted octanol–water partition coefficient (Wildman–Crippen LogP) is 4.45. The van der Waals surface area contributed by atoms with Gasteiger partial charge in [-0.1, -0.05) is 63.3 Å². The summed E-state index contributed by atoms with van der Waals surface area (Å²) in [5.41, 5.74) is 2.66. The molecule has 1 unspecified atom stereocenters. The lowest BCUT2D eigenvalue weighted by Crippen LogP contribution is -2.39. The number of aliphatic hydroxyl groups excluding tert-OH is 1. The average Bonchev–Trinajstić information content (AvgIpc) is 2.58. The van der Waals surface area contributed by atoms with Crippen LogP contribution in [0.5, 0.6) is 0 Å². The van der Waals surface area contributed by atoms with E-state index in [0.717, 1.165) is 0 Å². The highest BCUT2D eigenvalue weighted by atomic mass is 32.1. The van der Waals surface area contributed by atoms with Gasteiger partial charge in [0.15, 0.2) is 5.11 Å². The molecular formula is C20H34N2OS. The van der Waals surface area contributed by atoms with Gasteiger partial charge in [-0.2, -0.15) is 0 Å². The molecule has 0 aromatic heterocycles. The van der Waals surface area contributed by atoms with Crippen LogP contribution in [0.1, 0.15) is 69.5 Å². The zero-order chi connectivity index (χ0) is 17.8. The fraction of sp³-hybridized carbons (Fsp3) is 0.650. The highest BCUT2D eigenvalue weighted by Gasteiger charge is 2.09. The van der Waals surface area contributed by atoms with Gasteiger partial charge in [-0.25, -0.2) is 0 Å². The Labute approximate surface area is 153 Å². The number of benzene rings is 1. The van der Waals surface area contributed by atoms with Crippen LogP contribution in [-0.4, -0.2) is 35.3 Å². The molecule has 0 spiro atoms. The van der Waals surface area contributed by atoms with Crippen molar-refractivity contribution in [3.05, 3.63) is 35.4 Å². The number of likely N-dealkylation sites (N-methyl/N-ethyl adjacent to an activating group) is 1. The van der Waals surface area contributed by atoms with Crippen molar-refractivity contribution in [1.29, 1.82) is 0 Å². The van der Waals surface area contributed by atoms with Crippen molar-refractivity contribution in [2.24, 2.45) is 0 Å². The number of hydrogen-bond acceptors (Lipinski definition) is 2. The van der Waals surface area contributed by atoms with Gasteiger partial charge in [0, 0.05) is 13.6 Å². The van der Waals surface area contributed by atoms with Gasteiger partial charge < -0.3 is 15.3 Å². The second-order valence-corrected chi connectivity index (χ2v) is 6.96. The van der Waals surface area contributed by atoms with Crippen LogP contribution in [-0.2, 0) is 6.42 Å². The number of rotatable bonds is 11. The first-order valence-electron chi connectivity index (χ1n) is 9.29. The molecule has 0 aliphatic carbocycles. The van der Waals surface area contributed by atoms with Crippen LogP contribution in [0.4, 0.5) is 0 Å². The molecule has 24 heavy (non-hydrogen) atoms. The molecule has 1 aromatic rings. The number of nitrogens with zero attached hydrogens (tertiary/aromatic N) is 1. The third-order valence-corrected chi connectivity index (χ3v) is 4.85. The first-order valence-corrected chi connectivity index (χ1v) is 9.70. The minimum Gasteiger partial charge on any atom is -0.395 e. The molecule has 136 valence electrons. The number of hydrogen-bond donors (Lipinski definition) is 2. The molecule has 1 atom stereocenters. The fourth-order valence-corrected chi connectivity index (χ4v) is 2.98. The third-order valence-electron chi connectivity index (χ3n) is 4.42. The van der Waals surface area contributed by atoms with E-state index in [1.807, 2.05) is 11.9 Å². The summed E-state index contributed by atoms with van der Waals surface area (Å²) >= 11 is 5.35. The second kappa shape index (κ2) is 12.3. The summed E-state index contributed by atoms with van der Waals surface area (Å²) in [5, 5.41) is 13.0. The van der Waals surface area contributed by atoms with E-state index in [-0.39, 0.29) is 12.6 Å². The zero-order valence-electron chi connectivity index (χ0n) is 15.6. The van der Waals surface area contributed by atoms with Gasteiger partial charge in [0.05, 0.1) is 12.6 Å². The number of unbranched alkanes of at least 4 members (excludes halogenated alkanes) is 5. The molecule has 1 aromatic carbocycles. The highest BCUT2D eigenvalue weighted by molar-refractivity contribution is 7.80. The number of aliphatic hydroxyl groups is 1. The lowest BCUT2D eigenvalue weighted by atomic mass is 10.0. The second-order valence-electron chi connectivity index (χ2n) is 6.58. The van der Waals surface area contributed by atoms with E-state index >= 15 is 0 Å². The molecule has 2 N–H and O–H groups in total. The Kier molecular flexibility index (Phi) is 10.7. The molecule has 0 saturated carbocycles. The Hall–Kier alpha value is -1.13. The molecule has 0 aliphatic heterocycles. The van der Waals surface area contributed by atoms with E-state index in [0.29, 0.717) is 11.7 Å². The van der Waals surface area contributed by atoms with Gasteiger partial charge in [0.25, 0.3) is 0 Å². The topological polar surface area (TPSA) is 35.5 Å². The van der Waals surface area contributed by atoms with Crippen LogP contribution in [0.25, 0.3) is 0 Å². The largest absolute Gasteiger partial charge is 0.395 e. The first kappa shape index (κ1) is 20.9. The average molecular weight is 351 g/mol. The maximum atomic E-state index is 8.97. The molecular weight excluding hydrogens is 316 g/mol. The summed E-state index contributed by atoms with van der Waals surface area (Å²) in [6.07, 6.45) is 9.22. The van der Waals surface area contributed by atoms with Crippen LogP contribution in [0.2, 0.25) is 0 Å². The van der Waals surface area contributed by atoms with Crippen LogP contribution in [0.3, 0.4) is 0 Å². The van der Waals surface area contributed by atoms with E-state index in [2.05, 4.69) is 43.4 Å². The molecule has 4 heteroatoms. The predicted molar refractivity (Wildman–Crippen MR) is 107 cm³/mol. The van der Waals surface area contributed by atoms with E-state index in [1.165, 1.54) is 56.1 Å². The summed E-state index contributed by atoms with van der Waals surface area (Å²) in [6, 6.07) is 9.03. The van der Waals surface area contributed by atoms with E-state index < -0.39 is 0 Å². The Bertz CT molecular complexity index is 461. The summed E-state index contributed by atoms with van der Waals surface area (Å²) in [5.74, 6) is 0. The standard InChI is InChI=1S/C20H34N2OS/c1-4-5-6-7-8-9-10-18-11-13-19(14-12-18)17(2)21-20(24)22(3)15-16-23/h11-14,17,23H,4-10,15-16H2,1-3H3,(H,21,24). The maximum Gasteiger partial charge on any atom is 0.169 e. The quantitative estimate of drug-likeness (QED) is 0.456. The minimum atomic E-state index is 0.111. The maximum absolute atomic E-state index is 8.97. The van der Waals surface area contributed by atoms with Crippen molar-refractivity contribution in [3.63, 3.8) is 0 Å². The lowest BCUT2D eigenvalue weighted by molar-refractivity contribution is 0.262. The summed E-state index contributed by atoms with van der Waals surface area (Å²) < 4.78 is 0. The van der Waals surface area contributed by atoms with Gasteiger partial charge in [0.2, 0.25) is 0 Å². The van der Waals surface area contributed by atoms with Gasteiger partial charge in [-0.3, -0.25) is 0 Å². The van der Waals surface area contributed by atoms with Gasteiger partial charge in [-0.05, 0) is 43.1 Å². The fourth-order valence-electron chi connectivity index (χ4n) is 2.71. The van der Waals surface area contributed by atoms with Crippen molar-refractivity contribution in [2.75, 3.05) is 20.2 Å². The van der Waals surface area contributed by atoms with Gasteiger partial charge in [-0.15, -0.1) is 0 Å². The van der Waals surface area contributed by atoms with Crippen molar-refractivity contribution < 1.29 is 5.11 Å². The molecule has 0 aliphatic rings. The van der Waals surface area contributed by atoms with Gasteiger partial charge >= 0.3 is 0 Å². The monoisotopic (exact) mass is 350 g/mol. The SMILES string of the molecule is CCCCCCCCc1ccc(C(C)NC(=S)N(C)CCO)cc1. The smallest absolute Gasteiger partial charge is 0.169 e. The van der Waals surface area contributed by atoms with Crippen molar-refractivity contribution in [1.82, 2.24) is 10.2 Å². The normalized spacial score (nSPS) is 12.0. The number of nitrogens with one attached hydrogen (secondary N) is 1. The Morgan fingerprint density at radius 3 is 2.38 bits per heavy atom. The number of thiocarbonyl (C=S) groups is 1. The Morgan fingerprint density at radius 2 is 1.75 bits per heavy atom. The molecule has 1 rings (SSSR count). The van der Waals surface area contributed by atoms with Crippen LogP contribution < -0.4 is 5.32 Å². The summed E-state index contributed by atoms with van der Waals surface area (Å²) in [4.78, 5) is 1.86. The first-order chi connectivity index (χ1) is 11.6. The minimum absolute atomic E-state index is 0.111. The highest BCUT2D eigenvalue weighted by Crippen LogP contribution is 2.16. The van der Waals surface area contributed by atoms with Crippen LogP contribution in [0.15, 0.2) is 24.3 Å². The summed E-state index contributed by atoms with van der Waals surface area (Å²) in [7, 11) is 1.89. The molecule has 0 radical (unpaired) electrons. The Balaban J connectivity index is 2.36. The van der Waals surface area contributed by atoms with Crippen molar-refractivity contribution in [3.8, 4) is 0 Å². The molecule has 0 saturated heterocycles. The number of aryl methyl sites for hydroxylation is 1. The molecule has 0 heterocycles. The van der Waals surface area contributed by atoms with Gasteiger partial charge in [0.1, 0.15) is 0 Å².